The Labute approximate surface area is 146 Å². The van der Waals surface area contributed by atoms with Gasteiger partial charge in [-0.25, -0.2) is 12.7 Å². The fourth-order valence-corrected chi connectivity index (χ4v) is 3.40. The second-order valence-electron chi connectivity index (χ2n) is 5.82. The summed E-state index contributed by atoms with van der Waals surface area (Å²) in [4.78, 5) is 12.6. The smallest absolute Gasteiger partial charge is 0.291 e. The van der Waals surface area contributed by atoms with E-state index in [0.717, 1.165) is 15.3 Å². The third-order valence-electron chi connectivity index (χ3n) is 3.94. The predicted molar refractivity (Wildman–Crippen MR) is 96.2 cm³/mol. The first-order chi connectivity index (χ1) is 11.8. The van der Waals surface area contributed by atoms with Gasteiger partial charge < -0.3 is 9.73 Å². The summed E-state index contributed by atoms with van der Waals surface area (Å²) in [6.45, 7) is 1.83. The van der Waals surface area contributed by atoms with Crippen LogP contribution in [0.3, 0.4) is 0 Å². The van der Waals surface area contributed by atoms with Gasteiger partial charge in [-0.2, -0.15) is 0 Å². The van der Waals surface area contributed by atoms with Gasteiger partial charge in [0.05, 0.1) is 4.90 Å². The van der Waals surface area contributed by atoms with Crippen molar-refractivity contribution in [3.8, 4) is 0 Å². The van der Waals surface area contributed by atoms with Crippen LogP contribution in [0.1, 0.15) is 16.1 Å². The molecule has 130 valence electrons. The van der Waals surface area contributed by atoms with Gasteiger partial charge in [-0.3, -0.25) is 4.79 Å². The number of benzene rings is 2. The largest absolute Gasteiger partial charge is 0.451 e. The van der Waals surface area contributed by atoms with Crippen molar-refractivity contribution in [3.63, 3.8) is 0 Å². The molecule has 3 aromatic rings. The summed E-state index contributed by atoms with van der Waals surface area (Å²) in [5.41, 5.74) is 1.90. The molecule has 1 amide bonds. The summed E-state index contributed by atoms with van der Waals surface area (Å²) in [5, 5.41) is 3.62. The van der Waals surface area contributed by atoms with Crippen LogP contribution < -0.4 is 5.32 Å². The van der Waals surface area contributed by atoms with Crippen LogP contribution in [0.5, 0.6) is 0 Å². The molecule has 0 fully saturated rings. The Kier molecular flexibility index (Phi) is 4.36. The molecule has 0 bridgehead atoms. The highest BCUT2D eigenvalue weighted by Gasteiger charge is 2.19. The molecular formula is C18H18N2O4S. The molecule has 0 aliphatic carbocycles. The number of hydrogen-bond donors (Lipinski definition) is 1. The monoisotopic (exact) mass is 358 g/mol. The highest BCUT2D eigenvalue weighted by molar-refractivity contribution is 7.89. The zero-order valence-corrected chi connectivity index (χ0v) is 14.9. The van der Waals surface area contributed by atoms with Crippen molar-refractivity contribution >= 4 is 32.6 Å². The van der Waals surface area contributed by atoms with Gasteiger partial charge in [-0.05, 0) is 37.3 Å². The second-order valence-corrected chi connectivity index (χ2v) is 7.97. The molecule has 6 nitrogen and oxygen atoms in total. The molecule has 0 aliphatic heterocycles. The lowest BCUT2D eigenvalue weighted by molar-refractivity contribution is 0.0998. The number of nitrogens with zero attached hydrogens (tertiary/aromatic N) is 1. The quantitative estimate of drug-likeness (QED) is 0.776. The van der Waals surface area contributed by atoms with E-state index in [9.17, 15) is 13.2 Å². The molecule has 0 atom stereocenters. The van der Waals surface area contributed by atoms with Gasteiger partial charge >= 0.3 is 0 Å². The number of furan rings is 1. The summed E-state index contributed by atoms with van der Waals surface area (Å²) in [6.07, 6.45) is 0. The van der Waals surface area contributed by atoms with Gasteiger partial charge in [0.1, 0.15) is 5.58 Å². The third-order valence-corrected chi connectivity index (χ3v) is 5.77. The first kappa shape index (κ1) is 17.2. The molecule has 1 N–H and O–H groups in total. The van der Waals surface area contributed by atoms with Crippen molar-refractivity contribution in [2.45, 2.75) is 11.8 Å². The lowest BCUT2D eigenvalue weighted by Gasteiger charge is -2.11. The zero-order valence-electron chi connectivity index (χ0n) is 14.1. The minimum atomic E-state index is -3.50. The second kappa shape index (κ2) is 6.34. The number of sulfonamides is 1. The standard InChI is InChI=1S/C18H18N2O4S/c1-12-15-6-4-5-7-16(15)24-17(12)18(21)19-13-8-10-14(11-9-13)25(22,23)20(2)3/h4-11H,1-3H3,(H,19,21). The van der Waals surface area contributed by atoms with Crippen LogP contribution in [-0.4, -0.2) is 32.7 Å². The summed E-state index contributed by atoms with van der Waals surface area (Å²) < 4.78 is 30.9. The number of anilines is 1. The number of fused-ring (bicyclic) bond motifs is 1. The number of aryl methyl sites for hydroxylation is 1. The van der Waals surface area contributed by atoms with Crippen molar-refractivity contribution in [2.24, 2.45) is 0 Å². The highest BCUT2D eigenvalue weighted by atomic mass is 32.2. The number of hydrogen-bond acceptors (Lipinski definition) is 4. The molecule has 0 spiro atoms. The minimum absolute atomic E-state index is 0.162. The molecule has 0 saturated carbocycles. The number of amides is 1. The van der Waals surface area contributed by atoms with Crippen LogP contribution in [0.15, 0.2) is 57.8 Å². The van der Waals surface area contributed by atoms with E-state index in [1.54, 1.807) is 18.2 Å². The van der Waals surface area contributed by atoms with E-state index in [1.165, 1.54) is 26.2 Å². The summed E-state index contributed by atoms with van der Waals surface area (Å²) in [5.74, 6) is -0.136. The van der Waals surface area contributed by atoms with E-state index in [0.29, 0.717) is 11.3 Å². The van der Waals surface area contributed by atoms with Gasteiger partial charge in [0.25, 0.3) is 5.91 Å². The Balaban J connectivity index is 1.84. The highest BCUT2D eigenvalue weighted by Crippen LogP contribution is 2.26. The average molecular weight is 358 g/mol. The van der Waals surface area contributed by atoms with Gasteiger partial charge in [0.2, 0.25) is 10.0 Å². The van der Waals surface area contributed by atoms with Crippen molar-refractivity contribution < 1.29 is 17.6 Å². The summed E-state index contributed by atoms with van der Waals surface area (Å²) in [6, 6.07) is 13.4. The van der Waals surface area contributed by atoms with Gasteiger partial charge in [0, 0.05) is 30.7 Å². The SMILES string of the molecule is Cc1c(C(=O)Nc2ccc(S(=O)(=O)N(C)C)cc2)oc2ccccc12. The first-order valence-electron chi connectivity index (χ1n) is 7.63. The molecule has 0 saturated heterocycles. The van der Waals surface area contributed by atoms with Crippen LogP contribution in [0.4, 0.5) is 5.69 Å². The van der Waals surface area contributed by atoms with Gasteiger partial charge in [0.15, 0.2) is 5.76 Å². The average Bonchev–Trinajstić information content (AvgIpc) is 2.93. The molecule has 2 aromatic carbocycles. The lowest BCUT2D eigenvalue weighted by atomic mass is 10.1. The fourth-order valence-electron chi connectivity index (χ4n) is 2.50. The Morgan fingerprint density at radius 2 is 1.68 bits per heavy atom. The Hall–Kier alpha value is -2.64. The maximum atomic E-state index is 12.5. The van der Waals surface area contributed by atoms with Crippen molar-refractivity contribution in [2.75, 3.05) is 19.4 Å². The molecule has 3 rings (SSSR count). The van der Waals surface area contributed by atoms with Crippen LogP contribution in [0.25, 0.3) is 11.0 Å². The Morgan fingerprint density at radius 3 is 2.28 bits per heavy atom. The molecule has 0 unspecified atom stereocenters. The fraction of sp³-hybridized carbons (Fsp3) is 0.167. The van der Waals surface area contributed by atoms with E-state index in [2.05, 4.69) is 5.32 Å². The number of carbonyl (C=O) groups excluding carboxylic acids is 1. The molecule has 25 heavy (non-hydrogen) atoms. The van der Waals surface area contributed by atoms with Crippen molar-refractivity contribution in [3.05, 3.63) is 59.9 Å². The van der Waals surface area contributed by atoms with E-state index < -0.39 is 10.0 Å². The van der Waals surface area contributed by atoms with Crippen LogP contribution in [-0.2, 0) is 10.0 Å². The van der Waals surface area contributed by atoms with Crippen molar-refractivity contribution in [1.29, 1.82) is 0 Å². The molecule has 7 heteroatoms. The molecule has 1 aromatic heterocycles. The third kappa shape index (κ3) is 3.16. The zero-order chi connectivity index (χ0) is 18.2. The Morgan fingerprint density at radius 1 is 1.04 bits per heavy atom. The number of para-hydroxylation sites is 1. The van der Waals surface area contributed by atoms with Crippen LogP contribution >= 0.6 is 0 Å². The van der Waals surface area contributed by atoms with Gasteiger partial charge in [-0.15, -0.1) is 0 Å². The lowest BCUT2D eigenvalue weighted by Crippen LogP contribution is -2.22. The molecule has 0 radical (unpaired) electrons. The predicted octanol–water partition coefficient (Wildman–Crippen LogP) is 3.24. The van der Waals surface area contributed by atoms with Crippen LogP contribution in [0, 0.1) is 6.92 Å². The van der Waals surface area contributed by atoms with Gasteiger partial charge in [-0.1, -0.05) is 18.2 Å². The summed E-state index contributed by atoms with van der Waals surface area (Å²) in [7, 11) is -0.561. The number of rotatable bonds is 4. The molecule has 0 aliphatic rings. The Bertz CT molecular complexity index is 1030. The topological polar surface area (TPSA) is 79.6 Å². The molecule has 1 heterocycles. The normalized spacial score (nSPS) is 11.8. The maximum Gasteiger partial charge on any atom is 0.291 e. The van der Waals surface area contributed by atoms with Crippen LogP contribution in [0.2, 0.25) is 0 Å². The van der Waals surface area contributed by atoms with Crippen molar-refractivity contribution in [1.82, 2.24) is 4.31 Å². The molecular weight excluding hydrogens is 340 g/mol. The van der Waals surface area contributed by atoms with E-state index in [1.807, 2.05) is 25.1 Å². The summed E-state index contributed by atoms with van der Waals surface area (Å²) >= 11 is 0. The van der Waals surface area contributed by atoms with E-state index in [-0.39, 0.29) is 16.6 Å². The van der Waals surface area contributed by atoms with E-state index in [4.69, 9.17) is 4.42 Å². The maximum absolute atomic E-state index is 12.5. The van der Waals surface area contributed by atoms with E-state index >= 15 is 0 Å². The number of carbonyl (C=O) groups is 1. The first-order valence-corrected chi connectivity index (χ1v) is 9.07. The minimum Gasteiger partial charge on any atom is -0.451 e. The number of nitrogens with one attached hydrogen (secondary N) is 1.